The van der Waals surface area contributed by atoms with E-state index in [1.807, 2.05) is 12.1 Å². The van der Waals surface area contributed by atoms with E-state index in [1.54, 1.807) is 12.4 Å². The van der Waals surface area contributed by atoms with Crippen LogP contribution in [-0.4, -0.2) is 29.2 Å². The van der Waals surface area contributed by atoms with E-state index in [1.165, 1.54) is 19.3 Å². The predicted octanol–water partition coefficient (Wildman–Crippen LogP) is 2.91. The minimum Gasteiger partial charge on any atom is -0.490 e. The van der Waals surface area contributed by atoms with Crippen LogP contribution in [0.5, 0.6) is 5.75 Å². The van der Waals surface area contributed by atoms with Gasteiger partial charge in [0.15, 0.2) is 0 Å². The average Bonchev–Trinajstić information content (AvgIpc) is 2.45. The molecule has 1 saturated heterocycles. The number of rotatable bonds is 3. The van der Waals surface area contributed by atoms with Crippen LogP contribution in [-0.2, 0) is 0 Å². The molecular weight excluding hydrogens is 306 g/mol. The standard InChI is InChI=1S/C14H16BrN3O/c15-10-7-12-14(18-8-10)13(4-6-17-12)19-9-11-3-1-2-5-16-11/h4,6-8,11,16H,1-3,5,9H2. The first-order chi connectivity index (χ1) is 9.33. The molecule has 0 spiro atoms. The molecule has 1 fully saturated rings. The van der Waals surface area contributed by atoms with E-state index < -0.39 is 0 Å². The van der Waals surface area contributed by atoms with Crippen molar-refractivity contribution < 1.29 is 4.74 Å². The van der Waals surface area contributed by atoms with Crippen LogP contribution in [0.2, 0.25) is 0 Å². The van der Waals surface area contributed by atoms with Crippen molar-refractivity contribution in [1.29, 1.82) is 0 Å². The van der Waals surface area contributed by atoms with Crippen molar-refractivity contribution in [3.63, 3.8) is 0 Å². The quantitative estimate of drug-likeness (QED) is 0.944. The lowest BCUT2D eigenvalue weighted by Gasteiger charge is -2.23. The average molecular weight is 322 g/mol. The molecule has 1 unspecified atom stereocenters. The zero-order valence-corrected chi connectivity index (χ0v) is 12.2. The number of piperidine rings is 1. The lowest BCUT2D eigenvalue weighted by atomic mass is 10.1. The van der Waals surface area contributed by atoms with Gasteiger partial charge >= 0.3 is 0 Å². The highest BCUT2D eigenvalue weighted by Gasteiger charge is 2.14. The number of nitrogens with one attached hydrogen (secondary N) is 1. The Hall–Kier alpha value is -1.20. The normalized spacial score (nSPS) is 19.5. The Kier molecular flexibility index (Phi) is 3.94. The van der Waals surface area contributed by atoms with Crippen LogP contribution in [0, 0.1) is 0 Å². The summed E-state index contributed by atoms with van der Waals surface area (Å²) in [5.74, 6) is 0.810. The number of hydrogen-bond acceptors (Lipinski definition) is 4. The second-order valence-electron chi connectivity index (χ2n) is 4.79. The first-order valence-corrected chi connectivity index (χ1v) is 7.39. The van der Waals surface area contributed by atoms with Gasteiger partial charge in [0.05, 0.1) is 5.52 Å². The number of pyridine rings is 2. The first kappa shape index (κ1) is 12.8. The molecule has 0 amide bonds. The van der Waals surface area contributed by atoms with Gasteiger partial charge < -0.3 is 10.1 Å². The van der Waals surface area contributed by atoms with E-state index in [9.17, 15) is 0 Å². The molecule has 1 aliphatic rings. The Bertz CT molecular complexity index is 570. The summed E-state index contributed by atoms with van der Waals surface area (Å²) in [5, 5.41) is 3.48. The predicted molar refractivity (Wildman–Crippen MR) is 78.4 cm³/mol. The molecule has 0 saturated carbocycles. The van der Waals surface area contributed by atoms with E-state index >= 15 is 0 Å². The van der Waals surface area contributed by atoms with Crippen molar-refractivity contribution in [2.75, 3.05) is 13.2 Å². The fourth-order valence-corrected chi connectivity index (χ4v) is 2.67. The summed E-state index contributed by atoms with van der Waals surface area (Å²) in [4.78, 5) is 8.70. The minimum absolute atomic E-state index is 0.451. The molecule has 4 nitrogen and oxygen atoms in total. The second-order valence-corrected chi connectivity index (χ2v) is 5.70. The van der Waals surface area contributed by atoms with Crippen LogP contribution in [0.4, 0.5) is 0 Å². The number of halogens is 1. The molecule has 0 aromatic carbocycles. The van der Waals surface area contributed by atoms with E-state index in [-0.39, 0.29) is 0 Å². The van der Waals surface area contributed by atoms with E-state index in [0.29, 0.717) is 12.6 Å². The van der Waals surface area contributed by atoms with Gasteiger partial charge in [0.2, 0.25) is 0 Å². The zero-order chi connectivity index (χ0) is 13.1. The van der Waals surface area contributed by atoms with Crippen LogP contribution >= 0.6 is 15.9 Å². The van der Waals surface area contributed by atoms with Gasteiger partial charge in [-0.05, 0) is 41.4 Å². The van der Waals surface area contributed by atoms with E-state index in [4.69, 9.17) is 4.74 Å². The van der Waals surface area contributed by atoms with Crippen molar-refractivity contribution >= 4 is 27.0 Å². The summed E-state index contributed by atoms with van der Waals surface area (Å²) in [7, 11) is 0. The number of ether oxygens (including phenoxy) is 1. The lowest BCUT2D eigenvalue weighted by molar-refractivity contribution is 0.241. The Morgan fingerprint density at radius 3 is 3.16 bits per heavy atom. The summed E-state index contributed by atoms with van der Waals surface area (Å²) in [5.41, 5.74) is 1.67. The van der Waals surface area contributed by atoms with Gasteiger partial charge in [-0.3, -0.25) is 4.98 Å². The largest absolute Gasteiger partial charge is 0.490 e. The van der Waals surface area contributed by atoms with Crippen molar-refractivity contribution in [2.45, 2.75) is 25.3 Å². The zero-order valence-electron chi connectivity index (χ0n) is 10.6. The molecule has 2 aromatic rings. The van der Waals surface area contributed by atoms with Crippen LogP contribution < -0.4 is 10.1 Å². The highest BCUT2D eigenvalue weighted by Crippen LogP contribution is 2.24. The van der Waals surface area contributed by atoms with Crippen molar-refractivity contribution in [1.82, 2.24) is 15.3 Å². The smallest absolute Gasteiger partial charge is 0.148 e. The SMILES string of the molecule is Brc1cnc2c(OCC3CCCCN3)ccnc2c1. The van der Waals surface area contributed by atoms with Gasteiger partial charge in [-0.15, -0.1) is 0 Å². The molecule has 1 atom stereocenters. The first-order valence-electron chi connectivity index (χ1n) is 6.59. The molecule has 1 aliphatic heterocycles. The number of hydrogen-bond donors (Lipinski definition) is 1. The fourth-order valence-electron chi connectivity index (χ4n) is 2.35. The van der Waals surface area contributed by atoms with Gasteiger partial charge in [0.1, 0.15) is 17.9 Å². The summed E-state index contributed by atoms with van der Waals surface area (Å²) in [6.45, 7) is 1.78. The van der Waals surface area contributed by atoms with Crippen molar-refractivity contribution in [2.24, 2.45) is 0 Å². The highest BCUT2D eigenvalue weighted by atomic mass is 79.9. The van der Waals surface area contributed by atoms with Gasteiger partial charge in [0, 0.05) is 29.0 Å². The Morgan fingerprint density at radius 2 is 2.32 bits per heavy atom. The molecule has 1 N–H and O–H groups in total. The summed E-state index contributed by atoms with van der Waals surface area (Å²) in [6.07, 6.45) is 7.27. The highest BCUT2D eigenvalue weighted by molar-refractivity contribution is 9.10. The number of fused-ring (bicyclic) bond motifs is 1. The van der Waals surface area contributed by atoms with Gasteiger partial charge in [0.25, 0.3) is 0 Å². The topological polar surface area (TPSA) is 47.0 Å². The van der Waals surface area contributed by atoms with Crippen molar-refractivity contribution in [3.8, 4) is 5.75 Å². The lowest BCUT2D eigenvalue weighted by Crippen LogP contribution is -2.38. The number of aromatic nitrogens is 2. The third kappa shape index (κ3) is 3.04. The molecule has 5 heteroatoms. The van der Waals surface area contributed by atoms with Crippen LogP contribution in [0.15, 0.2) is 29.0 Å². The maximum Gasteiger partial charge on any atom is 0.148 e. The Balaban J connectivity index is 1.76. The Labute approximate surface area is 120 Å². The monoisotopic (exact) mass is 321 g/mol. The summed E-state index contributed by atoms with van der Waals surface area (Å²) >= 11 is 3.41. The molecule has 0 bridgehead atoms. The third-order valence-electron chi connectivity index (χ3n) is 3.36. The number of nitrogens with zero attached hydrogens (tertiary/aromatic N) is 2. The maximum atomic E-state index is 5.92. The Morgan fingerprint density at radius 1 is 1.37 bits per heavy atom. The second kappa shape index (κ2) is 5.84. The van der Waals surface area contributed by atoms with Crippen LogP contribution in [0.1, 0.15) is 19.3 Å². The molecule has 0 radical (unpaired) electrons. The third-order valence-corrected chi connectivity index (χ3v) is 3.79. The van der Waals surface area contributed by atoms with Gasteiger partial charge in [-0.1, -0.05) is 6.42 Å². The van der Waals surface area contributed by atoms with E-state index in [2.05, 4.69) is 31.2 Å². The molecule has 0 aliphatic carbocycles. The molecule has 3 rings (SSSR count). The minimum atomic E-state index is 0.451. The summed E-state index contributed by atoms with van der Waals surface area (Å²) < 4.78 is 6.85. The molecule has 19 heavy (non-hydrogen) atoms. The fraction of sp³-hybridized carbons (Fsp3) is 0.429. The van der Waals surface area contributed by atoms with Crippen molar-refractivity contribution in [3.05, 3.63) is 29.0 Å². The van der Waals surface area contributed by atoms with Gasteiger partial charge in [-0.25, -0.2) is 4.98 Å². The van der Waals surface area contributed by atoms with Crippen LogP contribution in [0.3, 0.4) is 0 Å². The molecule has 100 valence electrons. The molecule has 2 aromatic heterocycles. The molecular formula is C14H16BrN3O. The van der Waals surface area contributed by atoms with Gasteiger partial charge in [-0.2, -0.15) is 0 Å². The maximum absolute atomic E-state index is 5.92. The van der Waals surface area contributed by atoms with E-state index in [0.717, 1.165) is 27.8 Å². The summed E-state index contributed by atoms with van der Waals surface area (Å²) in [6, 6.07) is 4.28. The molecule has 3 heterocycles. The van der Waals surface area contributed by atoms with Crippen LogP contribution in [0.25, 0.3) is 11.0 Å².